The van der Waals surface area contributed by atoms with E-state index in [0.717, 1.165) is 22.1 Å². The summed E-state index contributed by atoms with van der Waals surface area (Å²) in [6.45, 7) is 4.08. The molecule has 0 saturated carbocycles. The van der Waals surface area contributed by atoms with Gasteiger partial charge in [-0.3, -0.25) is 4.79 Å². The summed E-state index contributed by atoms with van der Waals surface area (Å²) in [4.78, 5) is 12.0. The summed E-state index contributed by atoms with van der Waals surface area (Å²) in [6.07, 6.45) is 1.25. The number of hydrogen-bond donors (Lipinski definition) is 1. The Kier molecular flexibility index (Phi) is 4.96. The number of anilines is 1. The van der Waals surface area contributed by atoms with E-state index in [-0.39, 0.29) is 5.91 Å². The number of benzene rings is 2. The first kappa shape index (κ1) is 14.8. The molecule has 0 radical (unpaired) electrons. The summed E-state index contributed by atoms with van der Waals surface area (Å²) in [5, 5.41) is 2.94. The predicted molar refractivity (Wildman–Crippen MR) is 87.0 cm³/mol. The molecule has 0 aromatic heterocycles. The highest BCUT2D eigenvalue weighted by atomic mass is 79.9. The van der Waals surface area contributed by atoms with Crippen molar-refractivity contribution in [1.29, 1.82) is 0 Å². The number of nitrogens with one attached hydrogen (secondary N) is 1. The lowest BCUT2D eigenvalue weighted by atomic mass is 10.1. The van der Waals surface area contributed by atoms with Crippen molar-refractivity contribution < 1.29 is 4.79 Å². The minimum Gasteiger partial charge on any atom is -0.325 e. The Hall–Kier alpha value is -1.61. The van der Waals surface area contributed by atoms with E-state index >= 15 is 0 Å². The number of carbonyl (C=O) groups excluding carboxylic acids is 1. The molecule has 0 fully saturated rings. The smallest absolute Gasteiger partial charge is 0.224 e. The summed E-state index contributed by atoms with van der Waals surface area (Å²) in [5.74, 6) is 0.0380. The standard InChI is InChI=1S/C17H18BrNO/c1-12-4-3-5-14(10-12)7-9-17(20)19-16-8-6-13(2)11-15(16)18/h3-6,8,10-11H,7,9H2,1-2H3,(H,19,20). The number of rotatable bonds is 4. The average molecular weight is 332 g/mol. The van der Waals surface area contributed by atoms with E-state index in [9.17, 15) is 4.79 Å². The van der Waals surface area contributed by atoms with Gasteiger partial charge in [0.05, 0.1) is 5.69 Å². The highest BCUT2D eigenvalue weighted by Crippen LogP contribution is 2.23. The van der Waals surface area contributed by atoms with Crippen molar-refractivity contribution in [3.63, 3.8) is 0 Å². The van der Waals surface area contributed by atoms with Crippen molar-refractivity contribution in [2.24, 2.45) is 0 Å². The first-order valence-corrected chi connectivity index (χ1v) is 7.45. The van der Waals surface area contributed by atoms with Gasteiger partial charge >= 0.3 is 0 Å². The fourth-order valence-electron chi connectivity index (χ4n) is 2.06. The minimum absolute atomic E-state index is 0.0380. The van der Waals surface area contributed by atoms with Gasteiger partial charge in [0.15, 0.2) is 0 Å². The molecule has 2 aromatic carbocycles. The van der Waals surface area contributed by atoms with Crippen LogP contribution < -0.4 is 5.32 Å². The van der Waals surface area contributed by atoms with Crippen LogP contribution in [0.1, 0.15) is 23.1 Å². The third-order valence-electron chi connectivity index (χ3n) is 3.12. The van der Waals surface area contributed by atoms with E-state index < -0.39 is 0 Å². The predicted octanol–water partition coefficient (Wildman–Crippen LogP) is 4.64. The molecule has 1 N–H and O–H groups in total. The summed E-state index contributed by atoms with van der Waals surface area (Å²) in [5.41, 5.74) is 4.41. The second-order valence-electron chi connectivity index (χ2n) is 5.02. The van der Waals surface area contributed by atoms with Gasteiger partial charge in [0.25, 0.3) is 0 Å². The average Bonchev–Trinajstić information content (AvgIpc) is 2.40. The molecule has 0 bridgehead atoms. The van der Waals surface area contributed by atoms with Gasteiger partial charge in [-0.25, -0.2) is 0 Å². The summed E-state index contributed by atoms with van der Waals surface area (Å²) in [6, 6.07) is 14.2. The maximum atomic E-state index is 12.0. The van der Waals surface area contributed by atoms with Crippen molar-refractivity contribution in [2.45, 2.75) is 26.7 Å². The van der Waals surface area contributed by atoms with Crippen molar-refractivity contribution in [3.8, 4) is 0 Å². The second kappa shape index (κ2) is 6.71. The fourth-order valence-corrected chi connectivity index (χ4v) is 2.65. The van der Waals surface area contributed by atoms with Gasteiger partial charge in [-0.15, -0.1) is 0 Å². The van der Waals surface area contributed by atoms with Crippen molar-refractivity contribution >= 4 is 27.5 Å². The Morgan fingerprint density at radius 3 is 2.55 bits per heavy atom. The first-order valence-electron chi connectivity index (χ1n) is 6.66. The molecule has 1 amide bonds. The van der Waals surface area contributed by atoms with E-state index in [1.54, 1.807) is 0 Å². The molecule has 0 saturated heterocycles. The van der Waals surface area contributed by atoms with Crippen LogP contribution >= 0.6 is 15.9 Å². The number of amides is 1. The lowest BCUT2D eigenvalue weighted by Crippen LogP contribution is -2.12. The van der Waals surface area contributed by atoms with Crippen LogP contribution in [0, 0.1) is 13.8 Å². The summed E-state index contributed by atoms with van der Waals surface area (Å²) >= 11 is 3.47. The third kappa shape index (κ3) is 4.20. The fraction of sp³-hybridized carbons (Fsp3) is 0.235. The van der Waals surface area contributed by atoms with Crippen molar-refractivity contribution in [3.05, 3.63) is 63.6 Å². The highest BCUT2D eigenvalue weighted by molar-refractivity contribution is 9.10. The van der Waals surface area contributed by atoms with Gasteiger partial charge in [-0.1, -0.05) is 35.9 Å². The van der Waals surface area contributed by atoms with Crippen LogP contribution in [-0.2, 0) is 11.2 Å². The minimum atomic E-state index is 0.0380. The monoisotopic (exact) mass is 331 g/mol. The maximum Gasteiger partial charge on any atom is 0.224 e. The Morgan fingerprint density at radius 1 is 1.10 bits per heavy atom. The van der Waals surface area contributed by atoms with Crippen LogP contribution in [0.15, 0.2) is 46.9 Å². The largest absolute Gasteiger partial charge is 0.325 e. The zero-order valence-electron chi connectivity index (χ0n) is 11.7. The van der Waals surface area contributed by atoms with E-state index in [2.05, 4.69) is 46.4 Å². The van der Waals surface area contributed by atoms with Gasteiger partial charge in [0, 0.05) is 10.9 Å². The molecule has 3 heteroatoms. The molecule has 0 heterocycles. The topological polar surface area (TPSA) is 29.1 Å². The maximum absolute atomic E-state index is 12.0. The van der Waals surface area contributed by atoms with E-state index in [4.69, 9.17) is 0 Å². The van der Waals surface area contributed by atoms with Crippen LogP contribution in [0.25, 0.3) is 0 Å². The summed E-state index contributed by atoms with van der Waals surface area (Å²) < 4.78 is 0.918. The molecule has 0 atom stereocenters. The van der Waals surface area contributed by atoms with Crippen LogP contribution in [0.2, 0.25) is 0 Å². The van der Waals surface area contributed by atoms with Crippen molar-refractivity contribution in [1.82, 2.24) is 0 Å². The lowest BCUT2D eigenvalue weighted by molar-refractivity contribution is -0.116. The number of hydrogen-bond acceptors (Lipinski definition) is 1. The van der Waals surface area contributed by atoms with E-state index in [1.165, 1.54) is 11.1 Å². The molecule has 2 aromatic rings. The van der Waals surface area contributed by atoms with Crippen LogP contribution in [0.3, 0.4) is 0 Å². The van der Waals surface area contributed by atoms with Gasteiger partial charge in [0.2, 0.25) is 5.91 Å². The zero-order valence-corrected chi connectivity index (χ0v) is 13.3. The second-order valence-corrected chi connectivity index (χ2v) is 5.87. The van der Waals surface area contributed by atoms with Crippen molar-refractivity contribution in [2.75, 3.05) is 5.32 Å². The number of carbonyl (C=O) groups is 1. The van der Waals surface area contributed by atoms with Crippen LogP contribution in [0.5, 0.6) is 0 Å². The van der Waals surface area contributed by atoms with Crippen LogP contribution in [0.4, 0.5) is 5.69 Å². The van der Waals surface area contributed by atoms with Crippen LogP contribution in [-0.4, -0.2) is 5.91 Å². The molecule has 2 nitrogen and oxygen atoms in total. The van der Waals surface area contributed by atoms with Gasteiger partial charge < -0.3 is 5.32 Å². The Balaban J connectivity index is 1.92. The Bertz CT molecular complexity index is 622. The normalized spacial score (nSPS) is 10.3. The quantitative estimate of drug-likeness (QED) is 0.868. The molecular formula is C17H18BrNO. The molecule has 0 aliphatic rings. The lowest BCUT2D eigenvalue weighted by Gasteiger charge is -2.08. The SMILES string of the molecule is Cc1cccc(CCC(=O)Nc2ccc(C)cc2Br)c1. The Labute approximate surface area is 128 Å². The molecule has 0 aliphatic carbocycles. The Morgan fingerprint density at radius 2 is 1.85 bits per heavy atom. The first-order chi connectivity index (χ1) is 9.54. The highest BCUT2D eigenvalue weighted by Gasteiger charge is 2.06. The zero-order chi connectivity index (χ0) is 14.5. The summed E-state index contributed by atoms with van der Waals surface area (Å²) in [7, 11) is 0. The molecule has 20 heavy (non-hydrogen) atoms. The number of halogens is 1. The molecule has 104 valence electrons. The van der Waals surface area contributed by atoms with Gasteiger partial charge in [-0.2, -0.15) is 0 Å². The third-order valence-corrected chi connectivity index (χ3v) is 3.78. The molecule has 0 spiro atoms. The molecule has 0 aliphatic heterocycles. The van der Waals surface area contributed by atoms with E-state index in [1.807, 2.05) is 31.2 Å². The molecule has 2 rings (SSSR count). The molecular weight excluding hydrogens is 314 g/mol. The van der Waals surface area contributed by atoms with Gasteiger partial charge in [-0.05, 0) is 59.5 Å². The van der Waals surface area contributed by atoms with Gasteiger partial charge in [0.1, 0.15) is 0 Å². The number of aryl methyl sites for hydroxylation is 3. The van der Waals surface area contributed by atoms with E-state index in [0.29, 0.717) is 6.42 Å². The molecule has 0 unspecified atom stereocenters.